The van der Waals surface area contributed by atoms with Gasteiger partial charge in [0.2, 0.25) is 0 Å². The van der Waals surface area contributed by atoms with E-state index in [-0.39, 0.29) is 0 Å². The van der Waals surface area contributed by atoms with Gasteiger partial charge in [-0.2, -0.15) is 0 Å². The Bertz CT molecular complexity index is 430. The summed E-state index contributed by atoms with van der Waals surface area (Å²) in [6.07, 6.45) is 8.64. The minimum Gasteiger partial charge on any atom is -0.372 e. The van der Waals surface area contributed by atoms with Crippen LogP contribution in [0.2, 0.25) is 0 Å². The smallest absolute Gasteiger partial charge is 0.144 e. The predicted molar refractivity (Wildman–Crippen MR) is 86.2 cm³/mol. The first-order valence-corrected chi connectivity index (χ1v) is 8.15. The number of rotatable bonds is 6. The molecule has 0 saturated heterocycles. The average Bonchev–Trinajstić information content (AvgIpc) is 2.42. The molecule has 1 aliphatic carbocycles. The molecule has 0 aromatic carbocycles. The first-order valence-electron chi connectivity index (χ1n) is 8.15. The summed E-state index contributed by atoms with van der Waals surface area (Å²) in [7, 11) is 0. The van der Waals surface area contributed by atoms with Gasteiger partial charge in [0.25, 0.3) is 0 Å². The minimum atomic E-state index is 0.350. The highest BCUT2D eigenvalue weighted by atomic mass is 16.5. The maximum atomic E-state index is 6.07. The van der Waals surface area contributed by atoms with E-state index in [0.717, 1.165) is 43.2 Å². The zero-order valence-corrected chi connectivity index (χ0v) is 13.9. The fourth-order valence-corrected chi connectivity index (χ4v) is 3.36. The summed E-state index contributed by atoms with van der Waals surface area (Å²) in [6.45, 7) is 10.6. The first-order chi connectivity index (χ1) is 9.98. The summed E-state index contributed by atoms with van der Waals surface area (Å²) >= 11 is 0. The summed E-state index contributed by atoms with van der Waals surface area (Å²) in [6, 6.07) is 0. The van der Waals surface area contributed by atoms with Crippen LogP contribution < -0.4 is 5.32 Å². The molecule has 4 heteroatoms. The number of aromatic nitrogens is 2. The lowest BCUT2D eigenvalue weighted by atomic mass is 9.71. The van der Waals surface area contributed by atoms with E-state index in [1.807, 2.05) is 6.20 Å². The molecule has 4 nitrogen and oxygen atoms in total. The third kappa shape index (κ3) is 5.27. The second kappa shape index (κ2) is 7.21. The number of nitrogens with one attached hydrogen (secondary N) is 1. The van der Waals surface area contributed by atoms with Gasteiger partial charge in [0.15, 0.2) is 0 Å². The largest absolute Gasteiger partial charge is 0.372 e. The van der Waals surface area contributed by atoms with Crippen molar-refractivity contribution in [3.05, 3.63) is 18.1 Å². The van der Waals surface area contributed by atoms with Gasteiger partial charge in [-0.3, -0.25) is 4.98 Å². The van der Waals surface area contributed by atoms with Crippen molar-refractivity contribution in [2.75, 3.05) is 11.9 Å². The van der Waals surface area contributed by atoms with Gasteiger partial charge in [-0.1, -0.05) is 27.7 Å². The van der Waals surface area contributed by atoms with Crippen molar-refractivity contribution in [1.82, 2.24) is 9.97 Å². The van der Waals surface area contributed by atoms with Gasteiger partial charge < -0.3 is 10.1 Å². The van der Waals surface area contributed by atoms with E-state index >= 15 is 0 Å². The van der Waals surface area contributed by atoms with Gasteiger partial charge in [-0.15, -0.1) is 0 Å². The molecule has 0 amide bonds. The van der Waals surface area contributed by atoms with Crippen LogP contribution in [-0.2, 0) is 11.3 Å². The Morgan fingerprint density at radius 1 is 1.29 bits per heavy atom. The van der Waals surface area contributed by atoms with Crippen molar-refractivity contribution in [2.24, 2.45) is 11.3 Å². The van der Waals surface area contributed by atoms with Crippen LogP contribution in [0, 0.1) is 11.3 Å². The maximum absolute atomic E-state index is 6.07. The highest BCUT2D eigenvalue weighted by Crippen LogP contribution is 2.39. The Morgan fingerprint density at radius 3 is 2.71 bits per heavy atom. The Balaban J connectivity index is 1.82. The fraction of sp³-hybridized carbons (Fsp3) is 0.765. The maximum Gasteiger partial charge on any atom is 0.144 e. The number of hydrogen-bond acceptors (Lipinski definition) is 4. The summed E-state index contributed by atoms with van der Waals surface area (Å²) in [5, 5.41) is 3.23. The average molecular weight is 291 g/mol. The first kappa shape index (κ1) is 16.2. The second-order valence-electron chi connectivity index (χ2n) is 7.17. The monoisotopic (exact) mass is 291 g/mol. The molecule has 1 heterocycles. The second-order valence-corrected chi connectivity index (χ2v) is 7.17. The number of hydrogen-bond donors (Lipinski definition) is 1. The summed E-state index contributed by atoms with van der Waals surface area (Å²) in [5.41, 5.74) is 1.30. The summed E-state index contributed by atoms with van der Waals surface area (Å²) < 4.78 is 6.07. The SMILES string of the molecule is CCCNc1cnc(COC2CC(C)CC(C)(C)C2)cn1. The molecule has 118 valence electrons. The van der Waals surface area contributed by atoms with Gasteiger partial charge in [0, 0.05) is 6.54 Å². The standard InChI is InChI=1S/C17H29N3O/c1-5-6-18-16-11-19-14(10-20-16)12-21-15-7-13(2)8-17(3,4)9-15/h10-11,13,15H,5-9,12H2,1-4H3,(H,18,20). The zero-order chi connectivity index (χ0) is 15.3. The molecule has 0 aliphatic heterocycles. The molecule has 0 spiro atoms. The van der Waals surface area contributed by atoms with Crippen LogP contribution >= 0.6 is 0 Å². The molecular formula is C17H29N3O. The number of ether oxygens (including phenoxy) is 1. The Kier molecular flexibility index (Phi) is 5.57. The predicted octanol–water partition coefficient (Wildman–Crippen LogP) is 4.03. The van der Waals surface area contributed by atoms with E-state index in [4.69, 9.17) is 4.74 Å². The Labute approximate surface area is 128 Å². The van der Waals surface area contributed by atoms with Gasteiger partial charge in [0.05, 0.1) is 30.8 Å². The summed E-state index contributed by atoms with van der Waals surface area (Å²) in [4.78, 5) is 8.79. The van der Waals surface area contributed by atoms with Crippen molar-refractivity contribution < 1.29 is 4.74 Å². The van der Waals surface area contributed by atoms with Crippen molar-refractivity contribution in [3.63, 3.8) is 0 Å². The molecule has 1 aromatic rings. The molecule has 0 bridgehead atoms. The van der Waals surface area contributed by atoms with Crippen LogP contribution in [0.5, 0.6) is 0 Å². The molecule has 1 saturated carbocycles. The van der Waals surface area contributed by atoms with E-state index in [9.17, 15) is 0 Å². The van der Waals surface area contributed by atoms with Crippen molar-refractivity contribution >= 4 is 5.82 Å². The quantitative estimate of drug-likeness (QED) is 0.859. The van der Waals surface area contributed by atoms with Gasteiger partial charge in [0.1, 0.15) is 5.82 Å². The van der Waals surface area contributed by atoms with Crippen LogP contribution in [0.4, 0.5) is 5.82 Å². The third-order valence-corrected chi connectivity index (χ3v) is 4.07. The highest BCUT2D eigenvalue weighted by Gasteiger charge is 2.32. The molecule has 1 aliphatic rings. The normalized spacial score (nSPS) is 24.8. The Hall–Kier alpha value is -1.16. The topological polar surface area (TPSA) is 47.0 Å². The molecule has 2 unspecified atom stereocenters. The lowest BCUT2D eigenvalue weighted by Gasteiger charge is -2.38. The van der Waals surface area contributed by atoms with Crippen molar-refractivity contribution in [2.45, 2.75) is 66.1 Å². The molecule has 21 heavy (non-hydrogen) atoms. The van der Waals surface area contributed by atoms with Gasteiger partial charge >= 0.3 is 0 Å². The third-order valence-electron chi connectivity index (χ3n) is 4.07. The lowest BCUT2D eigenvalue weighted by Crippen LogP contribution is -2.32. The van der Waals surface area contributed by atoms with Crippen molar-refractivity contribution in [1.29, 1.82) is 0 Å². The molecule has 1 aromatic heterocycles. The van der Waals surface area contributed by atoms with E-state index in [1.165, 1.54) is 6.42 Å². The van der Waals surface area contributed by atoms with Crippen molar-refractivity contribution in [3.8, 4) is 0 Å². The lowest BCUT2D eigenvalue weighted by molar-refractivity contribution is -0.0327. The summed E-state index contributed by atoms with van der Waals surface area (Å²) in [5.74, 6) is 1.58. The Morgan fingerprint density at radius 2 is 2.10 bits per heavy atom. The van der Waals surface area contributed by atoms with Crippen LogP contribution in [0.1, 0.15) is 59.1 Å². The molecule has 2 atom stereocenters. The van der Waals surface area contributed by atoms with Crippen LogP contribution in [-0.4, -0.2) is 22.6 Å². The van der Waals surface area contributed by atoms with E-state index in [1.54, 1.807) is 6.20 Å². The minimum absolute atomic E-state index is 0.350. The molecule has 0 radical (unpaired) electrons. The molecule has 1 fully saturated rings. The zero-order valence-electron chi connectivity index (χ0n) is 13.9. The van der Waals surface area contributed by atoms with Gasteiger partial charge in [-0.25, -0.2) is 4.98 Å². The fourth-order valence-electron chi connectivity index (χ4n) is 3.36. The number of nitrogens with zero attached hydrogens (tertiary/aromatic N) is 2. The van der Waals surface area contributed by atoms with Crippen LogP contribution in [0.3, 0.4) is 0 Å². The van der Waals surface area contributed by atoms with E-state index in [2.05, 4.69) is 43.0 Å². The molecular weight excluding hydrogens is 262 g/mol. The van der Waals surface area contributed by atoms with E-state index in [0.29, 0.717) is 18.1 Å². The van der Waals surface area contributed by atoms with Crippen LogP contribution in [0.15, 0.2) is 12.4 Å². The van der Waals surface area contributed by atoms with Gasteiger partial charge in [-0.05, 0) is 37.0 Å². The molecule has 2 rings (SSSR count). The number of anilines is 1. The van der Waals surface area contributed by atoms with Crippen LogP contribution in [0.25, 0.3) is 0 Å². The molecule has 1 N–H and O–H groups in total. The van der Waals surface area contributed by atoms with E-state index < -0.39 is 0 Å². The highest BCUT2D eigenvalue weighted by molar-refractivity contribution is 5.30.